The standard InChI is InChI=1S/C11H14ClNO/c1-2-11(13)6-7-14-10-8(11)4-3-5-9(10)12/h3-5H,2,6-7,13H2,1H3. The highest BCUT2D eigenvalue weighted by Crippen LogP contribution is 2.41. The van der Waals surface area contributed by atoms with Gasteiger partial charge in [0.15, 0.2) is 0 Å². The molecule has 2 N–H and O–H groups in total. The molecule has 0 bridgehead atoms. The van der Waals surface area contributed by atoms with Gasteiger partial charge < -0.3 is 10.5 Å². The lowest BCUT2D eigenvalue weighted by Gasteiger charge is -2.35. The van der Waals surface area contributed by atoms with Crippen molar-refractivity contribution in [1.29, 1.82) is 0 Å². The third-order valence-corrected chi connectivity index (χ3v) is 3.23. The zero-order valence-electron chi connectivity index (χ0n) is 8.22. The fourth-order valence-electron chi connectivity index (χ4n) is 1.88. The number of para-hydroxylation sites is 1. The first-order valence-corrected chi connectivity index (χ1v) is 5.26. The van der Waals surface area contributed by atoms with E-state index in [1.807, 2.05) is 18.2 Å². The Labute approximate surface area is 89.0 Å². The minimum atomic E-state index is -0.265. The molecule has 0 saturated heterocycles. The molecular weight excluding hydrogens is 198 g/mol. The molecule has 0 aromatic heterocycles. The largest absolute Gasteiger partial charge is 0.492 e. The Morgan fingerprint density at radius 1 is 1.57 bits per heavy atom. The Balaban J connectivity index is 2.55. The molecule has 0 saturated carbocycles. The number of rotatable bonds is 1. The van der Waals surface area contributed by atoms with Crippen molar-refractivity contribution in [3.05, 3.63) is 28.8 Å². The van der Waals surface area contributed by atoms with Crippen LogP contribution in [0, 0.1) is 0 Å². The normalized spacial score (nSPS) is 25.4. The number of hydrogen-bond acceptors (Lipinski definition) is 2. The Hall–Kier alpha value is -0.730. The van der Waals surface area contributed by atoms with Crippen LogP contribution in [0.25, 0.3) is 0 Å². The molecule has 1 aromatic carbocycles. The summed E-state index contributed by atoms with van der Waals surface area (Å²) in [6, 6.07) is 5.76. The van der Waals surface area contributed by atoms with Gasteiger partial charge in [-0.05, 0) is 12.5 Å². The second kappa shape index (κ2) is 3.44. The highest BCUT2D eigenvalue weighted by Gasteiger charge is 2.33. The van der Waals surface area contributed by atoms with Crippen LogP contribution in [-0.4, -0.2) is 6.61 Å². The summed E-state index contributed by atoms with van der Waals surface area (Å²) in [5, 5.41) is 0.658. The highest BCUT2D eigenvalue weighted by atomic mass is 35.5. The quantitative estimate of drug-likeness (QED) is 0.775. The lowest BCUT2D eigenvalue weighted by molar-refractivity contribution is 0.212. The number of benzene rings is 1. The number of fused-ring (bicyclic) bond motifs is 1. The summed E-state index contributed by atoms with van der Waals surface area (Å²) < 4.78 is 5.54. The van der Waals surface area contributed by atoms with Gasteiger partial charge in [0.1, 0.15) is 5.75 Å². The van der Waals surface area contributed by atoms with Gasteiger partial charge >= 0.3 is 0 Å². The van der Waals surface area contributed by atoms with Gasteiger partial charge in [-0.2, -0.15) is 0 Å². The van der Waals surface area contributed by atoms with E-state index in [1.165, 1.54) is 0 Å². The van der Waals surface area contributed by atoms with Crippen LogP contribution in [0.2, 0.25) is 5.02 Å². The zero-order chi connectivity index (χ0) is 10.2. The Morgan fingerprint density at radius 3 is 3.07 bits per heavy atom. The van der Waals surface area contributed by atoms with Gasteiger partial charge in [0.05, 0.1) is 11.6 Å². The predicted octanol–water partition coefficient (Wildman–Crippen LogP) is 2.69. The topological polar surface area (TPSA) is 35.2 Å². The van der Waals surface area contributed by atoms with E-state index < -0.39 is 0 Å². The first-order chi connectivity index (χ1) is 6.67. The van der Waals surface area contributed by atoms with Crippen molar-refractivity contribution in [3.63, 3.8) is 0 Å². The van der Waals surface area contributed by atoms with E-state index in [0.29, 0.717) is 11.6 Å². The van der Waals surface area contributed by atoms with Crippen molar-refractivity contribution >= 4 is 11.6 Å². The van der Waals surface area contributed by atoms with E-state index in [0.717, 1.165) is 24.2 Å². The van der Waals surface area contributed by atoms with Crippen molar-refractivity contribution in [1.82, 2.24) is 0 Å². The molecule has 0 radical (unpaired) electrons. The number of halogens is 1. The van der Waals surface area contributed by atoms with Crippen LogP contribution in [0.3, 0.4) is 0 Å². The van der Waals surface area contributed by atoms with Crippen LogP contribution >= 0.6 is 11.6 Å². The smallest absolute Gasteiger partial charge is 0.142 e. The molecule has 1 aliphatic heterocycles. The first kappa shape index (κ1) is 9.81. The molecule has 2 rings (SSSR count). The summed E-state index contributed by atoms with van der Waals surface area (Å²) >= 11 is 6.05. The summed E-state index contributed by atoms with van der Waals surface area (Å²) in [6.07, 6.45) is 1.76. The summed E-state index contributed by atoms with van der Waals surface area (Å²) in [7, 11) is 0. The number of hydrogen-bond donors (Lipinski definition) is 1. The highest BCUT2D eigenvalue weighted by molar-refractivity contribution is 6.32. The molecular formula is C11H14ClNO. The van der Waals surface area contributed by atoms with Crippen LogP contribution in [0.4, 0.5) is 0 Å². The molecule has 14 heavy (non-hydrogen) atoms. The minimum Gasteiger partial charge on any atom is -0.492 e. The maximum atomic E-state index is 6.30. The van der Waals surface area contributed by atoms with Crippen molar-refractivity contribution in [2.24, 2.45) is 5.73 Å². The van der Waals surface area contributed by atoms with Crippen LogP contribution < -0.4 is 10.5 Å². The average molecular weight is 212 g/mol. The monoisotopic (exact) mass is 211 g/mol. The van der Waals surface area contributed by atoms with Crippen molar-refractivity contribution in [3.8, 4) is 5.75 Å². The van der Waals surface area contributed by atoms with Crippen LogP contribution in [0.1, 0.15) is 25.3 Å². The Bertz CT molecular complexity index is 353. The molecule has 1 unspecified atom stereocenters. The molecule has 1 aromatic rings. The fraction of sp³-hybridized carbons (Fsp3) is 0.455. The number of ether oxygens (including phenoxy) is 1. The molecule has 1 heterocycles. The van der Waals surface area contributed by atoms with Gasteiger partial charge in [0.25, 0.3) is 0 Å². The van der Waals surface area contributed by atoms with Crippen LogP contribution in [0.15, 0.2) is 18.2 Å². The van der Waals surface area contributed by atoms with Gasteiger partial charge in [-0.3, -0.25) is 0 Å². The third kappa shape index (κ3) is 1.39. The second-order valence-corrected chi connectivity index (χ2v) is 4.13. The van der Waals surface area contributed by atoms with Gasteiger partial charge in [0.2, 0.25) is 0 Å². The predicted molar refractivity (Wildman–Crippen MR) is 57.7 cm³/mol. The fourth-order valence-corrected chi connectivity index (χ4v) is 2.11. The maximum absolute atomic E-state index is 6.30. The van der Waals surface area contributed by atoms with Crippen molar-refractivity contribution in [2.75, 3.05) is 6.61 Å². The van der Waals surface area contributed by atoms with Crippen LogP contribution in [-0.2, 0) is 5.54 Å². The molecule has 3 heteroatoms. The van der Waals surface area contributed by atoms with Crippen molar-refractivity contribution in [2.45, 2.75) is 25.3 Å². The summed E-state index contributed by atoms with van der Waals surface area (Å²) in [6.45, 7) is 2.75. The summed E-state index contributed by atoms with van der Waals surface area (Å²) in [5.41, 5.74) is 7.08. The lowest BCUT2D eigenvalue weighted by atomic mass is 9.83. The summed E-state index contributed by atoms with van der Waals surface area (Å²) in [4.78, 5) is 0. The van der Waals surface area contributed by atoms with Crippen LogP contribution in [0.5, 0.6) is 5.75 Å². The van der Waals surface area contributed by atoms with Gasteiger partial charge in [0, 0.05) is 17.5 Å². The van der Waals surface area contributed by atoms with E-state index in [2.05, 4.69) is 6.92 Å². The van der Waals surface area contributed by atoms with E-state index in [4.69, 9.17) is 22.1 Å². The molecule has 0 aliphatic carbocycles. The second-order valence-electron chi connectivity index (χ2n) is 3.72. The van der Waals surface area contributed by atoms with E-state index in [-0.39, 0.29) is 5.54 Å². The first-order valence-electron chi connectivity index (χ1n) is 4.88. The van der Waals surface area contributed by atoms with Gasteiger partial charge in [-0.15, -0.1) is 0 Å². The average Bonchev–Trinajstić information content (AvgIpc) is 2.20. The van der Waals surface area contributed by atoms with E-state index in [1.54, 1.807) is 0 Å². The molecule has 0 fully saturated rings. The molecule has 2 nitrogen and oxygen atoms in total. The Kier molecular flexibility index (Phi) is 2.41. The van der Waals surface area contributed by atoms with Crippen molar-refractivity contribution < 1.29 is 4.74 Å². The zero-order valence-corrected chi connectivity index (χ0v) is 8.97. The van der Waals surface area contributed by atoms with E-state index in [9.17, 15) is 0 Å². The summed E-state index contributed by atoms with van der Waals surface area (Å²) in [5.74, 6) is 0.768. The number of nitrogens with two attached hydrogens (primary N) is 1. The maximum Gasteiger partial charge on any atom is 0.142 e. The molecule has 0 amide bonds. The third-order valence-electron chi connectivity index (χ3n) is 2.93. The van der Waals surface area contributed by atoms with Gasteiger partial charge in [-0.1, -0.05) is 30.7 Å². The lowest BCUT2D eigenvalue weighted by Crippen LogP contribution is -2.40. The molecule has 1 atom stereocenters. The van der Waals surface area contributed by atoms with Gasteiger partial charge in [-0.25, -0.2) is 0 Å². The molecule has 0 spiro atoms. The minimum absolute atomic E-state index is 0.265. The SMILES string of the molecule is CCC1(N)CCOc2c(Cl)cccc21. The molecule has 1 aliphatic rings. The molecule has 76 valence electrons. The van der Waals surface area contributed by atoms with E-state index >= 15 is 0 Å². The Morgan fingerprint density at radius 2 is 2.36 bits per heavy atom.